The Bertz CT molecular complexity index is 480. The number of methoxy groups -OCH3 is 2. The van der Waals surface area contributed by atoms with Crippen molar-refractivity contribution in [1.82, 2.24) is 5.32 Å². The molecule has 0 aliphatic rings. The maximum absolute atomic E-state index is 5.33. The second-order valence-electron chi connectivity index (χ2n) is 3.86. The second kappa shape index (κ2) is 6.12. The SMILES string of the molecule is COc1ccc(CNCc2ccco2)c(OC)c1. The lowest BCUT2D eigenvalue weighted by Crippen LogP contribution is -2.12. The zero-order chi connectivity index (χ0) is 12.8. The quantitative estimate of drug-likeness (QED) is 0.852. The van der Waals surface area contributed by atoms with Gasteiger partial charge < -0.3 is 19.2 Å². The molecule has 0 spiro atoms. The van der Waals surface area contributed by atoms with Crippen LogP contribution in [0, 0.1) is 0 Å². The first kappa shape index (κ1) is 12.5. The Morgan fingerprint density at radius 3 is 2.67 bits per heavy atom. The van der Waals surface area contributed by atoms with Gasteiger partial charge in [-0.25, -0.2) is 0 Å². The van der Waals surface area contributed by atoms with Crippen molar-refractivity contribution in [3.05, 3.63) is 47.9 Å². The molecule has 1 aromatic carbocycles. The molecular weight excluding hydrogens is 230 g/mol. The van der Waals surface area contributed by atoms with E-state index in [0.29, 0.717) is 13.1 Å². The van der Waals surface area contributed by atoms with Crippen LogP contribution in [0.4, 0.5) is 0 Å². The van der Waals surface area contributed by atoms with Crippen LogP contribution in [0.3, 0.4) is 0 Å². The molecule has 18 heavy (non-hydrogen) atoms. The van der Waals surface area contributed by atoms with Crippen molar-refractivity contribution in [3.63, 3.8) is 0 Å². The number of hydrogen-bond donors (Lipinski definition) is 1. The monoisotopic (exact) mass is 247 g/mol. The molecule has 0 bridgehead atoms. The van der Waals surface area contributed by atoms with Gasteiger partial charge in [0.1, 0.15) is 17.3 Å². The Labute approximate surface area is 107 Å². The molecule has 0 aliphatic carbocycles. The predicted octanol–water partition coefficient (Wildman–Crippen LogP) is 2.59. The van der Waals surface area contributed by atoms with Crippen LogP contribution in [0.5, 0.6) is 11.5 Å². The number of nitrogens with one attached hydrogen (secondary N) is 1. The van der Waals surface area contributed by atoms with Crippen LogP contribution in [-0.4, -0.2) is 14.2 Å². The van der Waals surface area contributed by atoms with Gasteiger partial charge in [0.05, 0.1) is 27.0 Å². The van der Waals surface area contributed by atoms with E-state index in [2.05, 4.69) is 5.32 Å². The van der Waals surface area contributed by atoms with E-state index in [1.807, 2.05) is 30.3 Å². The summed E-state index contributed by atoms with van der Waals surface area (Å²) in [5, 5.41) is 3.30. The largest absolute Gasteiger partial charge is 0.497 e. The average molecular weight is 247 g/mol. The highest BCUT2D eigenvalue weighted by molar-refractivity contribution is 5.40. The molecule has 0 saturated carbocycles. The van der Waals surface area contributed by atoms with Gasteiger partial charge in [-0.05, 0) is 18.2 Å². The number of benzene rings is 1. The summed E-state index contributed by atoms with van der Waals surface area (Å²) in [7, 11) is 3.30. The van der Waals surface area contributed by atoms with E-state index >= 15 is 0 Å². The van der Waals surface area contributed by atoms with Crippen LogP contribution in [0.1, 0.15) is 11.3 Å². The van der Waals surface area contributed by atoms with Crippen molar-refractivity contribution in [2.24, 2.45) is 0 Å². The van der Waals surface area contributed by atoms with Crippen LogP contribution in [0.25, 0.3) is 0 Å². The molecular formula is C14H17NO3. The highest BCUT2D eigenvalue weighted by Gasteiger charge is 2.05. The molecule has 4 nitrogen and oxygen atoms in total. The van der Waals surface area contributed by atoms with E-state index in [4.69, 9.17) is 13.9 Å². The van der Waals surface area contributed by atoms with Crippen LogP contribution in [0.15, 0.2) is 41.0 Å². The van der Waals surface area contributed by atoms with E-state index in [-0.39, 0.29) is 0 Å². The highest BCUT2D eigenvalue weighted by Crippen LogP contribution is 2.24. The Balaban J connectivity index is 1.96. The molecule has 1 aromatic heterocycles. The normalized spacial score (nSPS) is 10.3. The highest BCUT2D eigenvalue weighted by atomic mass is 16.5. The maximum atomic E-state index is 5.33. The molecule has 2 rings (SSSR count). The van der Waals surface area contributed by atoms with Crippen molar-refractivity contribution < 1.29 is 13.9 Å². The third kappa shape index (κ3) is 3.05. The van der Waals surface area contributed by atoms with E-state index in [1.165, 1.54) is 0 Å². The van der Waals surface area contributed by atoms with Gasteiger partial charge >= 0.3 is 0 Å². The number of hydrogen-bond acceptors (Lipinski definition) is 4. The molecule has 96 valence electrons. The van der Waals surface area contributed by atoms with Gasteiger partial charge in [-0.2, -0.15) is 0 Å². The Kier molecular flexibility index (Phi) is 4.25. The fourth-order valence-electron chi connectivity index (χ4n) is 1.73. The molecule has 0 atom stereocenters. The van der Waals surface area contributed by atoms with Crippen LogP contribution in [-0.2, 0) is 13.1 Å². The zero-order valence-corrected chi connectivity index (χ0v) is 10.6. The first-order valence-corrected chi connectivity index (χ1v) is 5.77. The van der Waals surface area contributed by atoms with Gasteiger partial charge in [0.2, 0.25) is 0 Å². The van der Waals surface area contributed by atoms with Crippen molar-refractivity contribution in [3.8, 4) is 11.5 Å². The van der Waals surface area contributed by atoms with Crippen molar-refractivity contribution in [2.75, 3.05) is 14.2 Å². The Morgan fingerprint density at radius 2 is 2.00 bits per heavy atom. The van der Waals surface area contributed by atoms with Crippen LogP contribution < -0.4 is 14.8 Å². The minimum absolute atomic E-state index is 0.697. The molecule has 4 heteroatoms. The van der Waals surface area contributed by atoms with Gasteiger partial charge in [-0.1, -0.05) is 6.07 Å². The summed E-state index contributed by atoms with van der Waals surface area (Å²) >= 11 is 0. The lowest BCUT2D eigenvalue weighted by Gasteiger charge is -2.10. The Hall–Kier alpha value is -1.94. The molecule has 0 amide bonds. The van der Waals surface area contributed by atoms with Crippen molar-refractivity contribution in [2.45, 2.75) is 13.1 Å². The number of rotatable bonds is 6. The van der Waals surface area contributed by atoms with Crippen LogP contribution >= 0.6 is 0 Å². The van der Waals surface area contributed by atoms with E-state index < -0.39 is 0 Å². The van der Waals surface area contributed by atoms with Crippen molar-refractivity contribution >= 4 is 0 Å². The lowest BCUT2D eigenvalue weighted by atomic mass is 10.2. The van der Waals surface area contributed by atoms with Gasteiger partial charge in [0.15, 0.2) is 0 Å². The molecule has 0 radical (unpaired) electrons. The molecule has 1 heterocycles. The summed E-state index contributed by atoms with van der Waals surface area (Å²) in [6, 6.07) is 9.62. The standard InChI is InChI=1S/C14H17NO3/c1-16-12-6-5-11(14(8-12)17-2)9-15-10-13-4-3-7-18-13/h3-8,15H,9-10H2,1-2H3. The second-order valence-corrected chi connectivity index (χ2v) is 3.86. The lowest BCUT2D eigenvalue weighted by molar-refractivity contribution is 0.389. The molecule has 0 aliphatic heterocycles. The minimum Gasteiger partial charge on any atom is -0.497 e. The summed E-state index contributed by atoms with van der Waals surface area (Å²) in [4.78, 5) is 0. The molecule has 2 aromatic rings. The first-order valence-electron chi connectivity index (χ1n) is 5.77. The fraction of sp³-hybridized carbons (Fsp3) is 0.286. The van der Waals surface area contributed by atoms with Gasteiger partial charge in [0.25, 0.3) is 0 Å². The molecule has 0 unspecified atom stereocenters. The summed E-state index contributed by atoms with van der Waals surface area (Å²) in [5.74, 6) is 2.53. The summed E-state index contributed by atoms with van der Waals surface area (Å²) in [5.41, 5.74) is 1.09. The van der Waals surface area contributed by atoms with E-state index in [0.717, 1.165) is 22.8 Å². The van der Waals surface area contributed by atoms with Gasteiger partial charge in [-0.15, -0.1) is 0 Å². The number of ether oxygens (including phenoxy) is 2. The number of furan rings is 1. The third-order valence-corrected chi connectivity index (χ3v) is 2.69. The summed E-state index contributed by atoms with van der Waals surface area (Å²) < 4.78 is 15.7. The minimum atomic E-state index is 0.697. The first-order chi connectivity index (χ1) is 8.83. The average Bonchev–Trinajstić information content (AvgIpc) is 2.92. The molecule has 0 saturated heterocycles. The summed E-state index contributed by atoms with van der Waals surface area (Å²) in [6.45, 7) is 1.41. The van der Waals surface area contributed by atoms with E-state index in [9.17, 15) is 0 Å². The van der Waals surface area contributed by atoms with Crippen molar-refractivity contribution in [1.29, 1.82) is 0 Å². The molecule has 0 fully saturated rings. The smallest absolute Gasteiger partial charge is 0.127 e. The topological polar surface area (TPSA) is 43.6 Å². The van der Waals surface area contributed by atoms with Gasteiger partial charge in [0, 0.05) is 18.2 Å². The predicted molar refractivity (Wildman–Crippen MR) is 68.8 cm³/mol. The maximum Gasteiger partial charge on any atom is 0.127 e. The zero-order valence-electron chi connectivity index (χ0n) is 10.6. The van der Waals surface area contributed by atoms with Gasteiger partial charge in [-0.3, -0.25) is 0 Å². The molecule has 1 N–H and O–H groups in total. The third-order valence-electron chi connectivity index (χ3n) is 2.69. The summed E-state index contributed by atoms with van der Waals surface area (Å²) in [6.07, 6.45) is 1.67. The van der Waals surface area contributed by atoms with E-state index in [1.54, 1.807) is 20.5 Å². The Morgan fingerprint density at radius 1 is 1.11 bits per heavy atom. The van der Waals surface area contributed by atoms with Crippen LogP contribution in [0.2, 0.25) is 0 Å². The fourth-order valence-corrected chi connectivity index (χ4v) is 1.73.